The third-order valence-corrected chi connectivity index (χ3v) is 4.12. The van der Waals surface area contributed by atoms with Gasteiger partial charge in [0.15, 0.2) is 16.7 Å². The fraction of sp³-hybridized carbons (Fsp3) is 0.211. The molecule has 0 aliphatic heterocycles. The van der Waals surface area contributed by atoms with Gasteiger partial charge >= 0.3 is 0 Å². The van der Waals surface area contributed by atoms with Gasteiger partial charge in [0.05, 0.1) is 12.8 Å². The third kappa shape index (κ3) is 3.98. The summed E-state index contributed by atoms with van der Waals surface area (Å²) in [5.41, 5.74) is 1.20. The first kappa shape index (κ1) is 19.3. The van der Waals surface area contributed by atoms with Gasteiger partial charge in [-0.1, -0.05) is 30.5 Å². The summed E-state index contributed by atoms with van der Waals surface area (Å²) < 4.78 is 11.2. The standard InChI is InChI=1S/C19H19N3O3S/c1-5-7-12-9-13(10-15(24-3)17(12)25-8-6-2)16-14(11-20)18(23)22-19(21-16)26-4/h5-6,9-10H,1-2,7-8H2,3-4H3,(H,21,22,23). The number of allylic oxidation sites excluding steroid dienone is 1. The number of nitrogens with one attached hydrogen (secondary N) is 1. The Labute approximate surface area is 156 Å². The number of thioether (sulfide) groups is 1. The number of methoxy groups -OCH3 is 1. The molecule has 0 atom stereocenters. The van der Waals surface area contributed by atoms with Crippen molar-refractivity contribution in [2.75, 3.05) is 20.0 Å². The zero-order valence-corrected chi connectivity index (χ0v) is 15.5. The Morgan fingerprint density at radius 2 is 2.15 bits per heavy atom. The van der Waals surface area contributed by atoms with E-state index in [1.54, 1.807) is 24.5 Å². The molecule has 0 saturated carbocycles. The summed E-state index contributed by atoms with van der Waals surface area (Å²) in [6.45, 7) is 7.74. The second-order valence-corrected chi connectivity index (χ2v) is 5.96. The highest BCUT2D eigenvalue weighted by molar-refractivity contribution is 7.98. The van der Waals surface area contributed by atoms with Gasteiger partial charge in [0.2, 0.25) is 0 Å². The Balaban J connectivity index is 2.75. The molecule has 2 aromatic rings. The van der Waals surface area contributed by atoms with Crippen molar-refractivity contribution in [3.05, 3.63) is 58.9 Å². The van der Waals surface area contributed by atoms with Crippen LogP contribution in [0.2, 0.25) is 0 Å². The van der Waals surface area contributed by atoms with Crippen molar-refractivity contribution < 1.29 is 9.47 Å². The lowest BCUT2D eigenvalue weighted by Crippen LogP contribution is -2.14. The number of nitriles is 1. The third-order valence-electron chi connectivity index (χ3n) is 3.54. The van der Waals surface area contributed by atoms with Crippen molar-refractivity contribution in [2.45, 2.75) is 11.6 Å². The molecule has 26 heavy (non-hydrogen) atoms. The number of ether oxygens (including phenoxy) is 2. The Morgan fingerprint density at radius 3 is 2.73 bits per heavy atom. The van der Waals surface area contributed by atoms with Gasteiger partial charge in [0, 0.05) is 11.1 Å². The maximum Gasteiger partial charge on any atom is 0.270 e. The molecule has 6 nitrogen and oxygen atoms in total. The lowest BCUT2D eigenvalue weighted by molar-refractivity contribution is 0.324. The Hall–Kier alpha value is -2.98. The molecule has 0 amide bonds. The molecule has 0 saturated heterocycles. The van der Waals surface area contributed by atoms with Gasteiger partial charge in [0.25, 0.3) is 5.56 Å². The second-order valence-electron chi connectivity index (χ2n) is 5.17. The van der Waals surface area contributed by atoms with E-state index >= 15 is 0 Å². The topological polar surface area (TPSA) is 88.0 Å². The van der Waals surface area contributed by atoms with Crippen LogP contribution in [0.25, 0.3) is 11.3 Å². The molecule has 1 N–H and O–H groups in total. The van der Waals surface area contributed by atoms with Gasteiger partial charge < -0.3 is 14.5 Å². The van der Waals surface area contributed by atoms with Crippen LogP contribution in [0.4, 0.5) is 0 Å². The summed E-state index contributed by atoms with van der Waals surface area (Å²) in [6.07, 6.45) is 5.70. The number of hydrogen-bond acceptors (Lipinski definition) is 6. The van der Waals surface area contributed by atoms with E-state index in [0.29, 0.717) is 40.9 Å². The molecule has 0 bridgehead atoms. The number of hydrogen-bond donors (Lipinski definition) is 1. The van der Waals surface area contributed by atoms with Gasteiger partial charge in [-0.15, -0.1) is 6.58 Å². The van der Waals surface area contributed by atoms with Gasteiger partial charge in [-0.25, -0.2) is 4.98 Å². The van der Waals surface area contributed by atoms with Crippen LogP contribution in [0.15, 0.2) is 47.4 Å². The van der Waals surface area contributed by atoms with E-state index in [1.165, 1.54) is 18.9 Å². The highest BCUT2D eigenvalue weighted by Gasteiger charge is 2.18. The fourth-order valence-electron chi connectivity index (χ4n) is 2.42. The number of benzene rings is 1. The maximum atomic E-state index is 12.2. The van der Waals surface area contributed by atoms with Gasteiger partial charge in [-0.2, -0.15) is 5.26 Å². The van der Waals surface area contributed by atoms with Crippen molar-refractivity contribution in [1.29, 1.82) is 5.26 Å². The zero-order chi connectivity index (χ0) is 19.1. The van der Waals surface area contributed by atoms with Crippen LogP contribution in [0, 0.1) is 11.3 Å². The molecule has 0 radical (unpaired) electrons. The summed E-state index contributed by atoms with van der Waals surface area (Å²) in [5.74, 6) is 1.06. The molecule has 1 aromatic heterocycles. The molecule has 0 aliphatic carbocycles. The van der Waals surface area contributed by atoms with E-state index in [2.05, 4.69) is 23.1 Å². The largest absolute Gasteiger partial charge is 0.493 e. The van der Waals surface area contributed by atoms with Crippen molar-refractivity contribution in [3.63, 3.8) is 0 Å². The highest BCUT2D eigenvalue weighted by Crippen LogP contribution is 2.37. The molecule has 1 heterocycles. The van der Waals surface area contributed by atoms with Crippen LogP contribution in [0.1, 0.15) is 11.1 Å². The van der Waals surface area contributed by atoms with E-state index in [9.17, 15) is 10.1 Å². The smallest absolute Gasteiger partial charge is 0.270 e. The summed E-state index contributed by atoms with van der Waals surface area (Å²) in [6, 6.07) is 5.47. The Bertz CT molecular complexity index is 929. The van der Waals surface area contributed by atoms with Crippen LogP contribution in [0.3, 0.4) is 0 Å². The Kier molecular flexibility index (Phi) is 6.64. The number of aromatic amines is 1. The van der Waals surface area contributed by atoms with E-state index < -0.39 is 5.56 Å². The first-order valence-electron chi connectivity index (χ1n) is 7.73. The maximum absolute atomic E-state index is 12.2. The summed E-state index contributed by atoms with van der Waals surface area (Å²) in [4.78, 5) is 19.2. The summed E-state index contributed by atoms with van der Waals surface area (Å²) in [5, 5.41) is 9.82. The zero-order valence-electron chi connectivity index (χ0n) is 14.7. The lowest BCUT2D eigenvalue weighted by Gasteiger charge is -2.16. The molecule has 7 heteroatoms. The monoisotopic (exact) mass is 369 g/mol. The average Bonchev–Trinajstić information content (AvgIpc) is 2.65. The van der Waals surface area contributed by atoms with Gasteiger partial charge in [-0.05, 0) is 24.8 Å². The quantitative estimate of drug-likeness (QED) is 0.436. The number of nitrogens with zero attached hydrogens (tertiary/aromatic N) is 2. The van der Waals surface area contributed by atoms with Crippen LogP contribution >= 0.6 is 11.8 Å². The van der Waals surface area contributed by atoms with Crippen molar-refractivity contribution in [1.82, 2.24) is 9.97 Å². The molecule has 0 aliphatic rings. The number of rotatable bonds is 8. The number of H-pyrrole nitrogens is 1. The molecule has 1 aromatic carbocycles. The highest BCUT2D eigenvalue weighted by atomic mass is 32.2. The summed E-state index contributed by atoms with van der Waals surface area (Å²) in [7, 11) is 1.53. The van der Waals surface area contributed by atoms with Crippen LogP contribution in [-0.4, -0.2) is 29.9 Å². The second kappa shape index (κ2) is 8.92. The lowest BCUT2D eigenvalue weighted by atomic mass is 10.0. The predicted octanol–water partition coefficient (Wildman–Crippen LogP) is 3.33. The average molecular weight is 369 g/mol. The molecule has 2 rings (SSSR count). The predicted molar refractivity (Wildman–Crippen MR) is 103 cm³/mol. The van der Waals surface area contributed by atoms with E-state index in [4.69, 9.17) is 9.47 Å². The van der Waals surface area contributed by atoms with Crippen LogP contribution in [-0.2, 0) is 6.42 Å². The minimum Gasteiger partial charge on any atom is -0.493 e. The molecule has 0 fully saturated rings. The number of aromatic nitrogens is 2. The van der Waals surface area contributed by atoms with Crippen LogP contribution < -0.4 is 15.0 Å². The molecular weight excluding hydrogens is 350 g/mol. The summed E-state index contributed by atoms with van der Waals surface area (Å²) >= 11 is 1.29. The molecular formula is C19H19N3O3S. The van der Waals surface area contributed by atoms with Crippen molar-refractivity contribution >= 4 is 11.8 Å². The van der Waals surface area contributed by atoms with Gasteiger partial charge in [-0.3, -0.25) is 4.79 Å². The molecule has 0 spiro atoms. The minimum atomic E-state index is -0.474. The first-order chi connectivity index (χ1) is 12.6. The SMILES string of the molecule is C=CCOc1c(CC=C)cc(-c2nc(SC)[nH]c(=O)c2C#N)cc1OC. The minimum absolute atomic E-state index is 0.0471. The Morgan fingerprint density at radius 1 is 1.38 bits per heavy atom. The van der Waals surface area contributed by atoms with E-state index in [1.807, 2.05) is 12.1 Å². The fourth-order valence-corrected chi connectivity index (χ4v) is 2.80. The van der Waals surface area contributed by atoms with Gasteiger partial charge in [0.1, 0.15) is 18.2 Å². The van der Waals surface area contributed by atoms with E-state index in [0.717, 1.165) is 5.56 Å². The molecule has 0 unspecified atom stereocenters. The first-order valence-corrected chi connectivity index (χ1v) is 8.96. The van der Waals surface area contributed by atoms with Crippen molar-refractivity contribution in [3.8, 4) is 28.8 Å². The van der Waals surface area contributed by atoms with Crippen LogP contribution in [0.5, 0.6) is 11.5 Å². The normalized spacial score (nSPS) is 10.0. The van der Waals surface area contributed by atoms with E-state index in [-0.39, 0.29) is 5.56 Å². The van der Waals surface area contributed by atoms with Crippen molar-refractivity contribution in [2.24, 2.45) is 0 Å². The molecule has 134 valence electrons.